The van der Waals surface area contributed by atoms with Crippen molar-refractivity contribution in [1.82, 2.24) is 4.90 Å². The molecule has 1 aliphatic rings. The maximum atomic E-state index is 12.3. The van der Waals surface area contributed by atoms with Gasteiger partial charge in [0.25, 0.3) is 5.91 Å². The van der Waals surface area contributed by atoms with E-state index in [1.165, 1.54) is 6.42 Å². The first kappa shape index (κ1) is 13.7. The second-order valence-electron chi connectivity index (χ2n) is 5.34. The number of nitrogen functional groups attached to an aromatic ring is 1. The minimum Gasteiger partial charge on any atom is -0.492 e. The number of ether oxygens (including phenoxy) is 1. The number of anilines is 1. The molecule has 1 fully saturated rings. The maximum absolute atomic E-state index is 12.3. The lowest BCUT2D eigenvalue weighted by atomic mass is 10.1. The summed E-state index contributed by atoms with van der Waals surface area (Å²) in [5.41, 5.74) is 7.02. The Morgan fingerprint density at radius 1 is 1.53 bits per heavy atom. The largest absolute Gasteiger partial charge is 0.492 e. The van der Waals surface area contributed by atoms with Gasteiger partial charge >= 0.3 is 0 Å². The average molecular weight is 262 g/mol. The predicted molar refractivity (Wildman–Crippen MR) is 76.3 cm³/mol. The van der Waals surface area contributed by atoms with Crippen LogP contribution < -0.4 is 10.5 Å². The second-order valence-corrected chi connectivity index (χ2v) is 5.34. The standard InChI is InChI=1S/C15H22N2O2/c1-4-19-14-6-5-11(8-13(14)16)15(18)17(3)9-12-7-10(12)2/h5-6,8,10,12H,4,7,9,16H2,1-3H3. The Hall–Kier alpha value is -1.71. The van der Waals surface area contributed by atoms with E-state index < -0.39 is 0 Å². The summed E-state index contributed by atoms with van der Waals surface area (Å²) in [5.74, 6) is 2.07. The molecule has 4 heteroatoms. The van der Waals surface area contributed by atoms with Crippen molar-refractivity contribution in [2.24, 2.45) is 11.8 Å². The second kappa shape index (κ2) is 5.51. The molecule has 1 aromatic rings. The molecule has 0 bridgehead atoms. The Bertz CT molecular complexity index is 473. The van der Waals surface area contributed by atoms with Gasteiger partial charge in [0.15, 0.2) is 0 Å². The van der Waals surface area contributed by atoms with Crippen LogP contribution in [0.15, 0.2) is 18.2 Å². The number of amides is 1. The van der Waals surface area contributed by atoms with Crippen LogP contribution in [0.3, 0.4) is 0 Å². The Balaban J connectivity index is 2.04. The highest BCUT2D eigenvalue weighted by Gasteiger charge is 2.34. The number of rotatable bonds is 5. The molecule has 0 radical (unpaired) electrons. The quantitative estimate of drug-likeness (QED) is 0.829. The summed E-state index contributed by atoms with van der Waals surface area (Å²) < 4.78 is 5.37. The van der Waals surface area contributed by atoms with Crippen LogP contribution in [0.1, 0.15) is 30.6 Å². The number of nitrogens with two attached hydrogens (primary N) is 1. The van der Waals surface area contributed by atoms with Gasteiger partial charge in [-0.05, 0) is 43.4 Å². The van der Waals surface area contributed by atoms with Gasteiger partial charge in [0.1, 0.15) is 5.75 Å². The molecule has 2 N–H and O–H groups in total. The van der Waals surface area contributed by atoms with E-state index in [0.29, 0.717) is 29.5 Å². The van der Waals surface area contributed by atoms with Crippen molar-refractivity contribution in [3.05, 3.63) is 23.8 Å². The highest BCUT2D eigenvalue weighted by Crippen LogP contribution is 2.38. The fraction of sp³-hybridized carbons (Fsp3) is 0.533. The fourth-order valence-corrected chi connectivity index (χ4v) is 2.28. The van der Waals surface area contributed by atoms with Crippen LogP contribution in [0, 0.1) is 11.8 Å². The molecule has 19 heavy (non-hydrogen) atoms. The third kappa shape index (κ3) is 3.19. The summed E-state index contributed by atoms with van der Waals surface area (Å²) in [7, 11) is 1.85. The Labute approximate surface area is 114 Å². The van der Waals surface area contributed by atoms with Crippen LogP contribution in [0.4, 0.5) is 5.69 Å². The van der Waals surface area contributed by atoms with Crippen LogP contribution in [0.5, 0.6) is 5.75 Å². The Kier molecular flexibility index (Phi) is 3.98. The van der Waals surface area contributed by atoms with Crippen molar-refractivity contribution in [1.29, 1.82) is 0 Å². The average Bonchev–Trinajstić information content (AvgIpc) is 3.06. The van der Waals surface area contributed by atoms with E-state index in [4.69, 9.17) is 10.5 Å². The molecule has 0 spiro atoms. The van der Waals surface area contributed by atoms with Crippen molar-refractivity contribution in [2.75, 3.05) is 25.9 Å². The summed E-state index contributed by atoms with van der Waals surface area (Å²) in [6, 6.07) is 5.23. The van der Waals surface area contributed by atoms with E-state index in [2.05, 4.69) is 6.92 Å². The van der Waals surface area contributed by atoms with Gasteiger partial charge in [-0.25, -0.2) is 0 Å². The number of hydrogen-bond donors (Lipinski definition) is 1. The SMILES string of the molecule is CCOc1ccc(C(=O)N(C)CC2CC2C)cc1N. The molecule has 0 saturated heterocycles. The first-order valence-corrected chi connectivity index (χ1v) is 6.80. The monoisotopic (exact) mass is 262 g/mol. The van der Waals surface area contributed by atoms with Gasteiger partial charge in [-0.15, -0.1) is 0 Å². The van der Waals surface area contributed by atoms with Gasteiger partial charge in [0, 0.05) is 19.2 Å². The van der Waals surface area contributed by atoms with E-state index in [9.17, 15) is 4.79 Å². The lowest BCUT2D eigenvalue weighted by Crippen LogP contribution is -2.29. The molecule has 0 aliphatic heterocycles. The van der Waals surface area contributed by atoms with E-state index in [1.54, 1.807) is 23.1 Å². The molecule has 0 aromatic heterocycles. The lowest BCUT2D eigenvalue weighted by molar-refractivity contribution is 0.0787. The van der Waals surface area contributed by atoms with Gasteiger partial charge < -0.3 is 15.4 Å². The summed E-state index contributed by atoms with van der Waals surface area (Å²) in [6.45, 7) is 5.52. The van der Waals surface area contributed by atoms with Crippen LogP contribution in [-0.2, 0) is 0 Å². The molecule has 2 rings (SSSR count). The molecule has 1 aliphatic carbocycles. The Morgan fingerprint density at radius 2 is 2.21 bits per heavy atom. The molecule has 1 aromatic carbocycles. The zero-order chi connectivity index (χ0) is 14.0. The summed E-state index contributed by atoms with van der Waals surface area (Å²) in [5, 5.41) is 0. The summed E-state index contributed by atoms with van der Waals surface area (Å²) >= 11 is 0. The first-order chi connectivity index (χ1) is 9.02. The Morgan fingerprint density at radius 3 is 2.74 bits per heavy atom. The number of hydrogen-bond acceptors (Lipinski definition) is 3. The number of benzene rings is 1. The van der Waals surface area contributed by atoms with E-state index >= 15 is 0 Å². The zero-order valence-corrected chi connectivity index (χ0v) is 11.8. The number of carbonyl (C=O) groups excluding carboxylic acids is 1. The highest BCUT2D eigenvalue weighted by molar-refractivity contribution is 5.95. The van der Waals surface area contributed by atoms with Crippen LogP contribution in [0.2, 0.25) is 0 Å². The maximum Gasteiger partial charge on any atom is 0.253 e. The number of nitrogens with zero attached hydrogens (tertiary/aromatic N) is 1. The smallest absolute Gasteiger partial charge is 0.253 e. The topological polar surface area (TPSA) is 55.6 Å². The van der Waals surface area contributed by atoms with Crippen LogP contribution in [0.25, 0.3) is 0 Å². The van der Waals surface area contributed by atoms with E-state index in [1.807, 2.05) is 14.0 Å². The summed E-state index contributed by atoms with van der Waals surface area (Å²) in [6.07, 6.45) is 1.23. The normalized spacial score (nSPS) is 21.0. The molecule has 2 atom stereocenters. The zero-order valence-electron chi connectivity index (χ0n) is 11.8. The molecule has 1 saturated carbocycles. The van der Waals surface area contributed by atoms with Crippen molar-refractivity contribution >= 4 is 11.6 Å². The van der Waals surface area contributed by atoms with Crippen LogP contribution >= 0.6 is 0 Å². The minimum atomic E-state index is 0.0221. The van der Waals surface area contributed by atoms with E-state index in [0.717, 1.165) is 12.5 Å². The van der Waals surface area contributed by atoms with E-state index in [-0.39, 0.29) is 5.91 Å². The minimum absolute atomic E-state index is 0.0221. The van der Waals surface area contributed by atoms with Crippen molar-refractivity contribution in [2.45, 2.75) is 20.3 Å². The molecule has 1 amide bonds. The highest BCUT2D eigenvalue weighted by atomic mass is 16.5. The van der Waals surface area contributed by atoms with Gasteiger partial charge in [-0.3, -0.25) is 4.79 Å². The predicted octanol–water partition coefficient (Wildman–Crippen LogP) is 2.40. The molecule has 4 nitrogen and oxygen atoms in total. The van der Waals surface area contributed by atoms with Gasteiger partial charge in [-0.2, -0.15) is 0 Å². The lowest BCUT2D eigenvalue weighted by Gasteiger charge is -2.18. The van der Waals surface area contributed by atoms with Crippen molar-refractivity contribution in [3.8, 4) is 5.75 Å². The fourth-order valence-electron chi connectivity index (χ4n) is 2.28. The number of carbonyl (C=O) groups is 1. The van der Waals surface area contributed by atoms with Crippen molar-refractivity contribution < 1.29 is 9.53 Å². The summed E-state index contributed by atoms with van der Waals surface area (Å²) in [4.78, 5) is 14.0. The van der Waals surface area contributed by atoms with Gasteiger partial charge in [0.05, 0.1) is 12.3 Å². The molecule has 2 unspecified atom stereocenters. The molecular formula is C15H22N2O2. The van der Waals surface area contributed by atoms with Gasteiger partial charge in [0.2, 0.25) is 0 Å². The van der Waals surface area contributed by atoms with Gasteiger partial charge in [-0.1, -0.05) is 6.92 Å². The third-order valence-corrected chi connectivity index (χ3v) is 3.69. The first-order valence-electron chi connectivity index (χ1n) is 6.80. The van der Waals surface area contributed by atoms with Crippen molar-refractivity contribution in [3.63, 3.8) is 0 Å². The molecule has 104 valence electrons. The molecular weight excluding hydrogens is 240 g/mol. The molecule has 0 heterocycles. The van der Waals surface area contributed by atoms with Crippen LogP contribution in [-0.4, -0.2) is 31.0 Å². The third-order valence-electron chi connectivity index (χ3n) is 3.69.